The maximum absolute atomic E-state index is 13.2. The predicted octanol–water partition coefficient (Wildman–Crippen LogP) is 4.59. The summed E-state index contributed by atoms with van der Waals surface area (Å²) in [5, 5.41) is 16.3. The van der Waals surface area contributed by atoms with E-state index in [0.29, 0.717) is 15.6 Å². The molecule has 0 aromatic heterocycles. The monoisotopic (exact) mass is 584 g/mol. The minimum absolute atomic E-state index is 0.000719. The number of nitro groups is 1. The van der Waals surface area contributed by atoms with Gasteiger partial charge in [-0.05, 0) is 54.1 Å². The van der Waals surface area contributed by atoms with Crippen LogP contribution >= 0.6 is 23.2 Å². The largest absolute Gasteiger partial charge is 0.493 e. The molecule has 204 valence electrons. The number of methoxy groups -OCH3 is 1. The van der Waals surface area contributed by atoms with Crippen LogP contribution in [0.1, 0.15) is 5.56 Å². The molecule has 0 unspecified atom stereocenters. The van der Waals surface area contributed by atoms with Crippen molar-refractivity contribution in [3.05, 3.63) is 92.0 Å². The number of nitrogens with zero attached hydrogens (tertiary/aromatic N) is 2. The van der Waals surface area contributed by atoms with Crippen LogP contribution in [0, 0.1) is 10.1 Å². The van der Waals surface area contributed by atoms with Gasteiger partial charge in [-0.1, -0.05) is 29.3 Å². The summed E-state index contributed by atoms with van der Waals surface area (Å²) in [6, 6.07) is 13.0. The van der Waals surface area contributed by atoms with Gasteiger partial charge in [0.15, 0.2) is 18.1 Å². The summed E-state index contributed by atoms with van der Waals surface area (Å²) >= 11 is 12.2. The predicted molar refractivity (Wildman–Crippen MR) is 146 cm³/mol. The third-order valence-corrected chi connectivity index (χ3v) is 5.97. The minimum Gasteiger partial charge on any atom is -0.493 e. The Bertz CT molecular complexity index is 1570. The van der Waals surface area contributed by atoms with Crippen LogP contribution in [0.2, 0.25) is 10.0 Å². The van der Waals surface area contributed by atoms with Gasteiger partial charge in [0.05, 0.1) is 22.7 Å². The highest BCUT2D eigenvalue weighted by Crippen LogP contribution is 2.37. The Morgan fingerprint density at radius 3 is 2.50 bits per heavy atom. The Labute approximate surface area is 236 Å². The molecule has 12 nitrogen and oxygen atoms in total. The number of urea groups is 1. The summed E-state index contributed by atoms with van der Waals surface area (Å²) in [6.45, 7) is -0.416. The molecule has 3 aromatic carbocycles. The average Bonchev–Trinajstić information content (AvgIpc) is 2.91. The van der Waals surface area contributed by atoms with Crippen LogP contribution in [-0.2, 0) is 14.4 Å². The van der Waals surface area contributed by atoms with Crippen molar-refractivity contribution in [1.82, 2.24) is 5.32 Å². The first-order valence-corrected chi connectivity index (χ1v) is 12.0. The van der Waals surface area contributed by atoms with Crippen LogP contribution in [0.15, 0.2) is 66.2 Å². The van der Waals surface area contributed by atoms with E-state index in [0.717, 1.165) is 6.07 Å². The van der Waals surface area contributed by atoms with Crippen molar-refractivity contribution < 1.29 is 33.6 Å². The SMILES string of the molecule is COc1cc(/C=C2\C(=O)NC(=O)N(c3cccc([N+](=O)[O-])c3)C2=O)cc(Cl)c1OCC(=O)Nc1ccc(Cl)cc1. The zero-order chi connectivity index (χ0) is 29.0. The summed E-state index contributed by atoms with van der Waals surface area (Å²) in [5.74, 6) is -2.35. The Hall–Kier alpha value is -4.94. The lowest BCUT2D eigenvalue weighted by Crippen LogP contribution is -2.54. The lowest BCUT2D eigenvalue weighted by molar-refractivity contribution is -0.384. The maximum atomic E-state index is 13.2. The topological polar surface area (TPSA) is 157 Å². The number of halogens is 2. The molecule has 40 heavy (non-hydrogen) atoms. The molecule has 0 saturated carbocycles. The second-order valence-corrected chi connectivity index (χ2v) is 8.96. The van der Waals surface area contributed by atoms with Crippen LogP contribution in [0.5, 0.6) is 11.5 Å². The van der Waals surface area contributed by atoms with Crippen LogP contribution in [0.4, 0.5) is 21.9 Å². The highest BCUT2D eigenvalue weighted by atomic mass is 35.5. The zero-order valence-electron chi connectivity index (χ0n) is 20.5. The number of amides is 5. The average molecular weight is 585 g/mol. The van der Waals surface area contributed by atoms with Crippen molar-refractivity contribution in [2.24, 2.45) is 0 Å². The van der Waals surface area contributed by atoms with Crippen LogP contribution in [0.25, 0.3) is 6.08 Å². The number of hydrogen-bond acceptors (Lipinski definition) is 8. The molecule has 3 aromatic rings. The van der Waals surface area contributed by atoms with Crippen molar-refractivity contribution in [2.45, 2.75) is 0 Å². The number of nitrogens with one attached hydrogen (secondary N) is 2. The number of hydrogen-bond donors (Lipinski definition) is 2. The third-order valence-electron chi connectivity index (χ3n) is 5.44. The van der Waals surface area contributed by atoms with Crippen molar-refractivity contribution >= 4 is 70.1 Å². The fraction of sp³-hybridized carbons (Fsp3) is 0.0769. The Morgan fingerprint density at radius 1 is 1.10 bits per heavy atom. The third kappa shape index (κ3) is 6.20. The molecule has 1 aliphatic rings. The molecule has 1 heterocycles. The molecule has 2 N–H and O–H groups in total. The zero-order valence-corrected chi connectivity index (χ0v) is 22.0. The first kappa shape index (κ1) is 28.1. The van der Waals surface area contributed by atoms with Gasteiger partial charge in [0.2, 0.25) is 0 Å². The van der Waals surface area contributed by atoms with Crippen molar-refractivity contribution in [3.8, 4) is 11.5 Å². The molecule has 1 aliphatic heterocycles. The van der Waals surface area contributed by atoms with Crippen molar-refractivity contribution in [3.63, 3.8) is 0 Å². The molecule has 1 fully saturated rings. The van der Waals surface area contributed by atoms with Gasteiger partial charge in [-0.25, -0.2) is 9.69 Å². The van der Waals surface area contributed by atoms with Gasteiger partial charge < -0.3 is 14.8 Å². The van der Waals surface area contributed by atoms with E-state index in [-0.39, 0.29) is 33.5 Å². The number of imide groups is 2. The lowest BCUT2D eigenvalue weighted by Gasteiger charge is -2.26. The summed E-state index contributed by atoms with van der Waals surface area (Å²) in [7, 11) is 1.32. The standard InChI is InChI=1S/C26H18Cl2N4O8/c1-39-21-11-14(10-20(28)23(21)40-13-22(33)29-16-7-5-15(27)6-8-16)9-19-24(34)30-26(36)31(25(19)35)17-3-2-4-18(12-17)32(37)38/h2-12H,13H2,1H3,(H,29,33)(H,30,34,36)/b19-9+. The first-order valence-electron chi connectivity index (χ1n) is 11.3. The van der Waals surface area contributed by atoms with Gasteiger partial charge in [0.25, 0.3) is 23.4 Å². The molecular formula is C26H18Cl2N4O8. The van der Waals surface area contributed by atoms with E-state index in [9.17, 15) is 29.3 Å². The fourth-order valence-corrected chi connectivity index (χ4v) is 4.04. The molecule has 4 rings (SSSR count). The number of carbonyl (C=O) groups excluding carboxylic acids is 4. The van der Waals surface area contributed by atoms with Gasteiger partial charge in [-0.3, -0.25) is 29.8 Å². The summed E-state index contributed by atoms with van der Waals surface area (Å²) < 4.78 is 10.9. The second kappa shape index (κ2) is 11.8. The summed E-state index contributed by atoms with van der Waals surface area (Å²) in [4.78, 5) is 61.5. The highest BCUT2D eigenvalue weighted by molar-refractivity contribution is 6.39. The molecule has 0 bridgehead atoms. The fourth-order valence-electron chi connectivity index (χ4n) is 3.64. The van der Waals surface area contributed by atoms with E-state index in [2.05, 4.69) is 5.32 Å². The number of benzene rings is 3. The number of carbonyl (C=O) groups is 4. The van der Waals surface area contributed by atoms with E-state index >= 15 is 0 Å². The molecular weight excluding hydrogens is 567 g/mol. The molecule has 0 spiro atoms. The molecule has 0 radical (unpaired) electrons. The van der Waals surface area contributed by atoms with Gasteiger partial charge in [0, 0.05) is 22.8 Å². The van der Waals surface area contributed by atoms with Gasteiger partial charge in [-0.2, -0.15) is 0 Å². The van der Waals surface area contributed by atoms with Gasteiger partial charge in [0.1, 0.15) is 5.57 Å². The van der Waals surface area contributed by atoms with E-state index in [1.807, 2.05) is 5.32 Å². The normalized spacial score (nSPS) is 14.1. The quantitative estimate of drug-likeness (QED) is 0.168. The van der Waals surface area contributed by atoms with E-state index in [4.69, 9.17) is 32.7 Å². The van der Waals surface area contributed by atoms with Crippen LogP contribution in [0.3, 0.4) is 0 Å². The number of ether oxygens (including phenoxy) is 2. The number of non-ortho nitro benzene ring substituents is 1. The van der Waals surface area contributed by atoms with Crippen molar-refractivity contribution in [1.29, 1.82) is 0 Å². The number of barbiturate groups is 1. The summed E-state index contributed by atoms with van der Waals surface area (Å²) in [5.41, 5.74) is -0.168. The Balaban J connectivity index is 1.57. The number of anilines is 2. The highest BCUT2D eigenvalue weighted by Gasteiger charge is 2.37. The van der Waals surface area contributed by atoms with E-state index in [1.54, 1.807) is 24.3 Å². The molecule has 1 saturated heterocycles. The van der Waals surface area contributed by atoms with Crippen molar-refractivity contribution in [2.75, 3.05) is 23.9 Å². The first-order chi connectivity index (χ1) is 19.1. The Kier molecular flexibility index (Phi) is 8.31. The Morgan fingerprint density at radius 2 is 1.82 bits per heavy atom. The maximum Gasteiger partial charge on any atom is 0.335 e. The van der Waals surface area contributed by atoms with Gasteiger partial charge >= 0.3 is 6.03 Å². The van der Waals surface area contributed by atoms with Gasteiger partial charge in [-0.15, -0.1) is 0 Å². The van der Waals surface area contributed by atoms with Crippen LogP contribution < -0.4 is 25.0 Å². The second-order valence-electron chi connectivity index (χ2n) is 8.11. The number of rotatable bonds is 8. The summed E-state index contributed by atoms with van der Waals surface area (Å²) in [6.07, 6.45) is 1.17. The molecule has 0 aliphatic carbocycles. The molecule has 5 amide bonds. The lowest BCUT2D eigenvalue weighted by atomic mass is 10.1. The smallest absolute Gasteiger partial charge is 0.335 e. The van der Waals surface area contributed by atoms with E-state index in [1.165, 1.54) is 43.5 Å². The van der Waals surface area contributed by atoms with Crippen LogP contribution in [-0.4, -0.2) is 42.4 Å². The molecule has 14 heteroatoms. The van der Waals surface area contributed by atoms with E-state index < -0.39 is 40.9 Å². The number of nitro benzene ring substituents is 1. The minimum atomic E-state index is -1.07. The molecule has 0 atom stereocenters.